The second kappa shape index (κ2) is 5.59. The van der Waals surface area contributed by atoms with Gasteiger partial charge in [0.1, 0.15) is 0 Å². The van der Waals surface area contributed by atoms with Gasteiger partial charge in [-0.1, -0.05) is 15.9 Å². The topological polar surface area (TPSA) is 58.2 Å². The molecule has 4 nitrogen and oxygen atoms in total. The zero-order valence-electron chi connectivity index (χ0n) is 10.2. The molecule has 0 amide bonds. The van der Waals surface area contributed by atoms with Gasteiger partial charge in [-0.05, 0) is 44.0 Å². The van der Waals surface area contributed by atoms with E-state index in [1.54, 1.807) is 19.1 Å². The molecule has 0 bridgehead atoms. The molecule has 2 N–H and O–H groups in total. The lowest BCUT2D eigenvalue weighted by Crippen LogP contribution is -2.35. The third-order valence-electron chi connectivity index (χ3n) is 2.91. The summed E-state index contributed by atoms with van der Waals surface area (Å²) in [5.74, 6) is 0. The van der Waals surface area contributed by atoms with E-state index in [9.17, 15) is 8.42 Å². The number of anilines is 1. The second-order valence-electron chi connectivity index (χ2n) is 4.65. The SMILES string of the molecule is CC(CNC1CC1)S(=O)(=O)Nc1ccc(Br)cc1. The zero-order valence-corrected chi connectivity index (χ0v) is 12.6. The van der Waals surface area contributed by atoms with Crippen molar-refractivity contribution >= 4 is 31.6 Å². The van der Waals surface area contributed by atoms with Crippen LogP contribution in [0.3, 0.4) is 0 Å². The van der Waals surface area contributed by atoms with E-state index in [0.29, 0.717) is 18.3 Å². The predicted octanol–water partition coefficient (Wildman–Crippen LogP) is 2.33. The number of rotatable bonds is 6. The molecule has 6 heteroatoms. The van der Waals surface area contributed by atoms with Crippen LogP contribution >= 0.6 is 15.9 Å². The quantitative estimate of drug-likeness (QED) is 0.840. The summed E-state index contributed by atoms with van der Waals surface area (Å²) < 4.78 is 27.6. The average Bonchev–Trinajstić information content (AvgIpc) is 3.12. The summed E-state index contributed by atoms with van der Waals surface area (Å²) in [6.45, 7) is 2.22. The van der Waals surface area contributed by atoms with Crippen molar-refractivity contribution in [2.45, 2.75) is 31.1 Å². The van der Waals surface area contributed by atoms with E-state index in [-0.39, 0.29) is 0 Å². The average molecular weight is 333 g/mol. The Morgan fingerprint density at radius 1 is 1.33 bits per heavy atom. The summed E-state index contributed by atoms with van der Waals surface area (Å²) in [4.78, 5) is 0. The molecule has 1 aliphatic carbocycles. The maximum Gasteiger partial charge on any atom is 0.236 e. The fourth-order valence-corrected chi connectivity index (χ4v) is 2.76. The molecule has 1 aromatic rings. The standard InChI is InChI=1S/C12H17BrN2O2S/c1-9(8-14-11-6-7-11)18(16,17)15-12-4-2-10(13)3-5-12/h2-5,9,11,14-15H,6-8H2,1H3. The molecule has 0 saturated heterocycles. The normalized spacial score (nSPS) is 17.4. The molecule has 0 aromatic heterocycles. The van der Waals surface area contributed by atoms with Crippen LogP contribution in [0, 0.1) is 0 Å². The third-order valence-corrected chi connectivity index (χ3v) is 5.18. The Labute approximate surface area is 116 Å². The molecule has 0 radical (unpaired) electrons. The number of halogens is 1. The molecule has 100 valence electrons. The van der Waals surface area contributed by atoms with E-state index in [1.165, 1.54) is 0 Å². The van der Waals surface area contributed by atoms with Gasteiger partial charge in [-0.25, -0.2) is 8.42 Å². The highest BCUT2D eigenvalue weighted by atomic mass is 79.9. The van der Waals surface area contributed by atoms with E-state index in [0.717, 1.165) is 17.3 Å². The van der Waals surface area contributed by atoms with Crippen molar-refractivity contribution in [3.8, 4) is 0 Å². The van der Waals surface area contributed by atoms with Crippen molar-refractivity contribution in [1.29, 1.82) is 0 Å². The third kappa shape index (κ3) is 3.96. The van der Waals surface area contributed by atoms with Crippen molar-refractivity contribution in [2.75, 3.05) is 11.3 Å². The maximum atomic E-state index is 12.1. The van der Waals surface area contributed by atoms with E-state index >= 15 is 0 Å². The van der Waals surface area contributed by atoms with Gasteiger partial charge >= 0.3 is 0 Å². The van der Waals surface area contributed by atoms with E-state index in [2.05, 4.69) is 26.0 Å². The first-order chi connectivity index (χ1) is 8.47. The predicted molar refractivity (Wildman–Crippen MR) is 77.2 cm³/mol. The number of hydrogen-bond acceptors (Lipinski definition) is 3. The van der Waals surface area contributed by atoms with Crippen LogP contribution in [0.15, 0.2) is 28.7 Å². The zero-order chi connectivity index (χ0) is 13.2. The summed E-state index contributed by atoms with van der Waals surface area (Å²) in [7, 11) is -3.32. The lowest BCUT2D eigenvalue weighted by atomic mass is 10.3. The molecule has 2 rings (SSSR count). The first kappa shape index (κ1) is 13.8. The van der Waals surface area contributed by atoms with Gasteiger partial charge in [-0.3, -0.25) is 4.72 Å². The van der Waals surface area contributed by atoms with Crippen LogP contribution in [0.1, 0.15) is 19.8 Å². The number of hydrogen-bond donors (Lipinski definition) is 2. The van der Waals surface area contributed by atoms with E-state index < -0.39 is 15.3 Å². The highest BCUT2D eigenvalue weighted by molar-refractivity contribution is 9.10. The molecule has 1 unspecified atom stereocenters. The first-order valence-corrected chi connectivity index (χ1v) is 8.32. The van der Waals surface area contributed by atoms with Gasteiger partial charge in [0.25, 0.3) is 0 Å². The van der Waals surface area contributed by atoms with Gasteiger partial charge in [0.05, 0.1) is 5.25 Å². The Kier molecular flexibility index (Phi) is 4.29. The van der Waals surface area contributed by atoms with Gasteiger partial charge in [0, 0.05) is 22.7 Å². The maximum absolute atomic E-state index is 12.1. The lowest BCUT2D eigenvalue weighted by molar-refractivity contribution is 0.576. The monoisotopic (exact) mass is 332 g/mol. The summed E-state index contributed by atoms with van der Waals surface area (Å²) in [5, 5.41) is 2.79. The first-order valence-electron chi connectivity index (χ1n) is 5.98. The molecule has 0 heterocycles. The molecule has 1 aliphatic rings. The minimum Gasteiger partial charge on any atom is -0.313 e. The molecule has 1 aromatic carbocycles. The van der Waals surface area contributed by atoms with Crippen molar-refractivity contribution in [1.82, 2.24) is 5.32 Å². The summed E-state index contributed by atoms with van der Waals surface area (Å²) in [6, 6.07) is 7.62. The molecular formula is C12H17BrN2O2S. The van der Waals surface area contributed by atoms with Crippen molar-refractivity contribution in [3.05, 3.63) is 28.7 Å². The molecule has 0 aliphatic heterocycles. The van der Waals surface area contributed by atoms with Crippen LogP contribution in [0.5, 0.6) is 0 Å². The summed E-state index contributed by atoms with van der Waals surface area (Å²) in [6.07, 6.45) is 2.32. The smallest absolute Gasteiger partial charge is 0.236 e. The molecule has 1 fully saturated rings. The Morgan fingerprint density at radius 3 is 2.50 bits per heavy atom. The van der Waals surface area contributed by atoms with E-state index in [4.69, 9.17) is 0 Å². The highest BCUT2D eigenvalue weighted by Gasteiger charge is 2.25. The van der Waals surface area contributed by atoms with Crippen molar-refractivity contribution in [2.24, 2.45) is 0 Å². The molecule has 1 saturated carbocycles. The fraction of sp³-hybridized carbons (Fsp3) is 0.500. The van der Waals surface area contributed by atoms with Crippen molar-refractivity contribution < 1.29 is 8.42 Å². The van der Waals surface area contributed by atoms with Gasteiger partial charge in [0.15, 0.2) is 0 Å². The highest BCUT2D eigenvalue weighted by Crippen LogP contribution is 2.19. The lowest BCUT2D eigenvalue weighted by Gasteiger charge is -2.15. The van der Waals surface area contributed by atoms with Gasteiger partial charge in [-0.15, -0.1) is 0 Å². The number of sulfonamides is 1. The van der Waals surface area contributed by atoms with Crippen LogP contribution in [0.25, 0.3) is 0 Å². The van der Waals surface area contributed by atoms with Crippen LogP contribution in [-0.2, 0) is 10.0 Å². The Balaban J connectivity index is 1.94. The Bertz CT molecular complexity index is 497. The van der Waals surface area contributed by atoms with Gasteiger partial charge in [-0.2, -0.15) is 0 Å². The molecule has 18 heavy (non-hydrogen) atoms. The number of benzene rings is 1. The second-order valence-corrected chi connectivity index (χ2v) is 7.66. The summed E-state index contributed by atoms with van der Waals surface area (Å²) in [5.41, 5.74) is 0.594. The minimum absolute atomic E-state index is 0.443. The fourth-order valence-electron chi connectivity index (χ4n) is 1.51. The van der Waals surface area contributed by atoms with Crippen molar-refractivity contribution in [3.63, 3.8) is 0 Å². The molecule has 1 atom stereocenters. The minimum atomic E-state index is -3.32. The largest absolute Gasteiger partial charge is 0.313 e. The molecular weight excluding hydrogens is 316 g/mol. The number of nitrogens with one attached hydrogen (secondary N) is 2. The van der Waals surface area contributed by atoms with Crippen LogP contribution < -0.4 is 10.0 Å². The summed E-state index contributed by atoms with van der Waals surface area (Å²) >= 11 is 3.31. The van der Waals surface area contributed by atoms with Crippen LogP contribution in [0.2, 0.25) is 0 Å². The Hall–Kier alpha value is -0.590. The van der Waals surface area contributed by atoms with E-state index in [1.807, 2.05) is 12.1 Å². The van der Waals surface area contributed by atoms with Crippen LogP contribution in [-0.4, -0.2) is 26.3 Å². The van der Waals surface area contributed by atoms with Crippen LogP contribution in [0.4, 0.5) is 5.69 Å². The Morgan fingerprint density at radius 2 is 1.94 bits per heavy atom. The molecule has 0 spiro atoms. The van der Waals surface area contributed by atoms with Gasteiger partial charge < -0.3 is 5.32 Å². The van der Waals surface area contributed by atoms with Gasteiger partial charge in [0.2, 0.25) is 10.0 Å².